The molecule has 1 aliphatic rings. The summed E-state index contributed by atoms with van der Waals surface area (Å²) in [5.74, 6) is -0.0135. The van der Waals surface area contributed by atoms with Crippen molar-refractivity contribution in [1.82, 2.24) is 10.1 Å². The molecule has 1 saturated heterocycles. The summed E-state index contributed by atoms with van der Waals surface area (Å²) in [6.45, 7) is 1.84. The summed E-state index contributed by atoms with van der Waals surface area (Å²) in [7, 11) is 0. The zero-order valence-electron chi connectivity index (χ0n) is 13.9. The Balaban J connectivity index is 1.63. The molecule has 1 aliphatic heterocycles. The minimum absolute atomic E-state index is 0.197. The molecule has 2 aromatic carbocycles. The van der Waals surface area contributed by atoms with Crippen LogP contribution >= 0.6 is 0 Å². The first-order valence-corrected chi connectivity index (χ1v) is 8.37. The van der Waals surface area contributed by atoms with Gasteiger partial charge in [-0.15, -0.1) is 0 Å². The number of aromatic carboxylic acids is 1. The number of phenolic OH excluding ortho intramolecular Hbond substituents is 1. The van der Waals surface area contributed by atoms with Gasteiger partial charge in [0.25, 0.3) is 5.89 Å². The predicted molar refractivity (Wildman–Crippen MR) is 95.2 cm³/mol. The van der Waals surface area contributed by atoms with Crippen molar-refractivity contribution in [3.05, 3.63) is 48.0 Å². The standard InChI is InChI=1S/C19H17N3O4/c23-16-8-7-14(11-15(16)22-9-1-2-10-22)17-20-18(26-21-17)12-3-5-13(6-4-12)19(24)25/h3-8,11,23H,1-2,9-10H2,(H,24,25). The maximum Gasteiger partial charge on any atom is 0.335 e. The summed E-state index contributed by atoms with van der Waals surface area (Å²) in [6.07, 6.45) is 2.23. The van der Waals surface area contributed by atoms with Crippen LogP contribution in [-0.2, 0) is 0 Å². The van der Waals surface area contributed by atoms with Gasteiger partial charge in [0.2, 0.25) is 5.82 Å². The van der Waals surface area contributed by atoms with Gasteiger partial charge in [-0.1, -0.05) is 5.16 Å². The number of carbonyl (C=O) groups is 1. The molecule has 0 bridgehead atoms. The lowest BCUT2D eigenvalue weighted by atomic mass is 10.1. The Morgan fingerprint density at radius 1 is 1.04 bits per heavy atom. The van der Waals surface area contributed by atoms with Crippen molar-refractivity contribution in [2.45, 2.75) is 12.8 Å². The highest BCUT2D eigenvalue weighted by atomic mass is 16.5. The molecule has 1 fully saturated rings. The highest BCUT2D eigenvalue weighted by Crippen LogP contribution is 2.34. The Hall–Kier alpha value is -3.35. The van der Waals surface area contributed by atoms with E-state index in [9.17, 15) is 9.90 Å². The maximum atomic E-state index is 10.9. The van der Waals surface area contributed by atoms with Crippen molar-refractivity contribution in [2.75, 3.05) is 18.0 Å². The quantitative estimate of drug-likeness (QED) is 0.743. The first-order valence-electron chi connectivity index (χ1n) is 8.37. The fourth-order valence-electron chi connectivity index (χ4n) is 3.09. The Bertz CT molecular complexity index is 944. The molecule has 0 radical (unpaired) electrons. The number of rotatable bonds is 4. The number of nitrogens with zero attached hydrogens (tertiary/aromatic N) is 3. The first-order chi connectivity index (χ1) is 12.6. The number of phenols is 1. The monoisotopic (exact) mass is 351 g/mol. The average molecular weight is 351 g/mol. The lowest BCUT2D eigenvalue weighted by Crippen LogP contribution is -2.17. The normalized spacial score (nSPS) is 13.9. The van der Waals surface area contributed by atoms with Crippen LogP contribution in [0.3, 0.4) is 0 Å². The summed E-state index contributed by atoms with van der Waals surface area (Å²) in [6, 6.07) is 11.5. The lowest BCUT2D eigenvalue weighted by molar-refractivity contribution is 0.0697. The van der Waals surface area contributed by atoms with Crippen LogP contribution in [0.15, 0.2) is 47.0 Å². The van der Waals surface area contributed by atoms with Gasteiger partial charge < -0.3 is 19.6 Å². The summed E-state index contributed by atoms with van der Waals surface area (Å²) in [5.41, 5.74) is 2.37. The second-order valence-electron chi connectivity index (χ2n) is 6.20. The Labute approximate surface area is 149 Å². The van der Waals surface area contributed by atoms with Crippen molar-refractivity contribution in [3.8, 4) is 28.6 Å². The van der Waals surface area contributed by atoms with Crippen molar-refractivity contribution >= 4 is 11.7 Å². The third-order valence-corrected chi connectivity index (χ3v) is 4.49. The minimum atomic E-state index is -0.985. The molecule has 0 spiro atoms. The van der Waals surface area contributed by atoms with Gasteiger partial charge in [-0.2, -0.15) is 4.98 Å². The molecule has 7 nitrogen and oxygen atoms in total. The number of carboxylic acids is 1. The van der Waals surface area contributed by atoms with Crippen LogP contribution in [0.25, 0.3) is 22.8 Å². The van der Waals surface area contributed by atoms with Crippen molar-refractivity contribution in [2.24, 2.45) is 0 Å². The summed E-state index contributed by atoms with van der Waals surface area (Å²) in [4.78, 5) is 17.5. The molecule has 3 aromatic rings. The number of hydrogen-bond donors (Lipinski definition) is 2. The van der Waals surface area contributed by atoms with E-state index in [1.165, 1.54) is 12.1 Å². The lowest BCUT2D eigenvalue weighted by Gasteiger charge is -2.19. The van der Waals surface area contributed by atoms with Gasteiger partial charge in [-0.25, -0.2) is 4.79 Å². The van der Waals surface area contributed by atoms with E-state index in [1.807, 2.05) is 6.07 Å². The molecular formula is C19H17N3O4. The van der Waals surface area contributed by atoms with Crippen LogP contribution in [0, 0.1) is 0 Å². The van der Waals surface area contributed by atoms with E-state index in [2.05, 4.69) is 15.0 Å². The van der Waals surface area contributed by atoms with Gasteiger partial charge in [-0.05, 0) is 55.3 Å². The maximum absolute atomic E-state index is 10.9. The molecule has 1 aromatic heterocycles. The Morgan fingerprint density at radius 3 is 2.42 bits per heavy atom. The molecule has 0 saturated carbocycles. The van der Waals surface area contributed by atoms with E-state index in [1.54, 1.807) is 24.3 Å². The summed E-state index contributed by atoms with van der Waals surface area (Å²) >= 11 is 0. The summed E-state index contributed by atoms with van der Waals surface area (Å²) in [5, 5.41) is 23.1. The number of hydrogen-bond acceptors (Lipinski definition) is 6. The van der Waals surface area contributed by atoms with Crippen LogP contribution in [0.4, 0.5) is 5.69 Å². The van der Waals surface area contributed by atoms with Crippen LogP contribution in [0.1, 0.15) is 23.2 Å². The van der Waals surface area contributed by atoms with Gasteiger partial charge in [-0.3, -0.25) is 0 Å². The van der Waals surface area contributed by atoms with E-state index >= 15 is 0 Å². The average Bonchev–Trinajstić information content (AvgIpc) is 3.34. The largest absolute Gasteiger partial charge is 0.506 e. The zero-order valence-corrected chi connectivity index (χ0v) is 13.9. The Morgan fingerprint density at radius 2 is 1.73 bits per heavy atom. The van der Waals surface area contributed by atoms with E-state index in [-0.39, 0.29) is 11.3 Å². The molecule has 26 heavy (non-hydrogen) atoms. The molecule has 132 valence electrons. The smallest absolute Gasteiger partial charge is 0.335 e. The molecule has 0 unspecified atom stereocenters. The summed E-state index contributed by atoms with van der Waals surface area (Å²) < 4.78 is 5.32. The van der Waals surface area contributed by atoms with Gasteiger partial charge in [0.1, 0.15) is 5.75 Å². The van der Waals surface area contributed by atoms with Gasteiger partial charge in [0.05, 0.1) is 11.3 Å². The molecule has 0 aliphatic carbocycles. The third-order valence-electron chi connectivity index (χ3n) is 4.49. The molecular weight excluding hydrogens is 334 g/mol. The fourth-order valence-corrected chi connectivity index (χ4v) is 3.09. The van der Waals surface area contributed by atoms with Gasteiger partial charge >= 0.3 is 5.97 Å². The third kappa shape index (κ3) is 2.99. The second kappa shape index (κ2) is 6.51. The van der Waals surface area contributed by atoms with E-state index < -0.39 is 5.97 Å². The van der Waals surface area contributed by atoms with E-state index in [0.717, 1.165) is 37.2 Å². The number of aromatic hydroxyl groups is 1. The van der Waals surface area contributed by atoms with Gasteiger partial charge in [0, 0.05) is 24.2 Å². The van der Waals surface area contributed by atoms with Crippen molar-refractivity contribution in [1.29, 1.82) is 0 Å². The fraction of sp³-hybridized carbons (Fsp3) is 0.211. The van der Waals surface area contributed by atoms with Crippen LogP contribution in [-0.4, -0.2) is 39.4 Å². The van der Waals surface area contributed by atoms with E-state index in [4.69, 9.17) is 9.63 Å². The highest BCUT2D eigenvalue weighted by Gasteiger charge is 2.18. The topological polar surface area (TPSA) is 99.7 Å². The van der Waals surface area contributed by atoms with Crippen molar-refractivity contribution < 1.29 is 19.5 Å². The molecule has 0 amide bonds. The number of aromatic nitrogens is 2. The highest BCUT2D eigenvalue weighted by molar-refractivity contribution is 5.88. The molecule has 4 rings (SSSR count). The molecule has 2 heterocycles. The molecule has 2 N–H and O–H groups in total. The Kier molecular flexibility index (Phi) is 4.04. The van der Waals surface area contributed by atoms with Crippen LogP contribution in [0.5, 0.6) is 5.75 Å². The first kappa shape index (κ1) is 16.1. The van der Waals surface area contributed by atoms with Crippen molar-refractivity contribution in [3.63, 3.8) is 0 Å². The zero-order chi connectivity index (χ0) is 18.1. The number of carboxylic acid groups (broad SMARTS) is 1. The molecule has 7 heteroatoms. The van der Waals surface area contributed by atoms with Crippen LogP contribution in [0.2, 0.25) is 0 Å². The van der Waals surface area contributed by atoms with E-state index in [0.29, 0.717) is 17.3 Å². The van der Waals surface area contributed by atoms with Crippen LogP contribution < -0.4 is 4.90 Å². The SMILES string of the molecule is O=C(O)c1ccc(-c2nc(-c3ccc(O)c(N4CCCC4)c3)no2)cc1. The van der Waals surface area contributed by atoms with Gasteiger partial charge in [0.15, 0.2) is 0 Å². The molecule has 0 atom stereocenters. The second-order valence-corrected chi connectivity index (χ2v) is 6.20. The number of benzene rings is 2. The predicted octanol–water partition coefficient (Wildman–Crippen LogP) is 3.41. The number of anilines is 1. The minimum Gasteiger partial charge on any atom is -0.506 e.